The fraction of sp³-hybridized carbons (Fsp3) is 0.583. The van der Waals surface area contributed by atoms with E-state index in [2.05, 4.69) is 22.0 Å². The van der Waals surface area contributed by atoms with Crippen molar-refractivity contribution in [3.63, 3.8) is 0 Å². The zero-order valence-corrected chi connectivity index (χ0v) is 8.84. The first-order valence-corrected chi connectivity index (χ1v) is 5.78. The third-order valence-corrected chi connectivity index (χ3v) is 3.73. The summed E-state index contributed by atoms with van der Waals surface area (Å²) in [4.78, 5) is 6.63. The Kier molecular flexibility index (Phi) is 2.13. The summed E-state index contributed by atoms with van der Waals surface area (Å²) in [6.45, 7) is 0. The van der Waals surface area contributed by atoms with E-state index in [9.17, 15) is 0 Å². The average molecular weight is 203 g/mol. The van der Waals surface area contributed by atoms with E-state index in [4.69, 9.17) is 5.73 Å². The van der Waals surface area contributed by atoms with Crippen LogP contribution < -0.4 is 10.6 Å². The zero-order valence-electron chi connectivity index (χ0n) is 8.84. The molecule has 2 aliphatic rings. The van der Waals surface area contributed by atoms with Crippen LogP contribution >= 0.6 is 0 Å². The smallest absolute Gasteiger partial charge is 0.0402 e. The second-order valence-corrected chi connectivity index (χ2v) is 4.73. The maximum absolute atomic E-state index is 6.06. The first-order chi connectivity index (χ1) is 7.34. The number of piperidine rings is 1. The normalized spacial score (nSPS) is 34.5. The Morgan fingerprint density at radius 1 is 1.13 bits per heavy atom. The molecule has 3 heterocycles. The minimum Gasteiger partial charge on any atom is -0.365 e. The van der Waals surface area contributed by atoms with Gasteiger partial charge in [0.25, 0.3) is 0 Å². The van der Waals surface area contributed by atoms with Crippen LogP contribution in [-0.4, -0.2) is 23.1 Å². The lowest BCUT2D eigenvalue weighted by molar-refractivity contribution is 0.414. The van der Waals surface area contributed by atoms with Gasteiger partial charge in [0.2, 0.25) is 0 Å². The van der Waals surface area contributed by atoms with Crippen molar-refractivity contribution in [2.75, 3.05) is 4.90 Å². The Bertz CT molecular complexity index is 324. The van der Waals surface area contributed by atoms with Gasteiger partial charge in [-0.1, -0.05) is 0 Å². The van der Waals surface area contributed by atoms with Crippen LogP contribution in [0.5, 0.6) is 0 Å². The minimum atomic E-state index is 0.417. The average Bonchev–Trinajstić information content (AvgIpc) is 2.53. The van der Waals surface area contributed by atoms with E-state index in [1.165, 1.54) is 18.5 Å². The highest BCUT2D eigenvalue weighted by molar-refractivity contribution is 5.49. The Morgan fingerprint density at radius 3 is 2.33 bits per heavy atom. The van der Waals surface area contributed by atoms with E-state index < -0.39 is 0 Å². The SMILES string of the molecule is NC1C[C@H]2CC[C@@H](C1)N2c1ccncc1. The van der Waals surface area contributed by atoms with Crippen molar-refractivity contribution in [2.24, 2.45) is 5.73 Å². The molecule has 3 atom stereocenters. The van der Waals surface area contributed by atoms with E-state index >= 15 is 0 Å². The lowest BCUT2D eigenvalue weighted by atomic mass is 9.97. The predicted molar refractivity (Wildman–Crippen MR) is 60.7 cm³/mol. The second-order valence-electron chi connectivity index (χ2n) is 4.73. The first kappa shape index (κ1) is 9.16. The molecule has 1 unspecified atom stereocenters. The van der Waals surface area contributed by atoms with E-state index in [-0.39, 0.29) is 0 Å². The largest absolute Gasteiger partial charge is 0.365 e. The summed E-state index contributed by atoms with van der Waals surface area (Å²) in [6.07, 6.45) is 8.67. The van der Waals surface area contributed by atoms with Gasteiger partial charge in [-0.2, -0.15) is 0 Å². The Labute approximate surface area is 90.3 Å². The molecule has 80 valence electrons. The molecule has 2 aliphatic heterocycles. The van der Waals surface area contributed by atoms with Crippen molar-refractivity contribution in [2.45, 2.75) is 43.8 Å². The van der Waals surface area contributed by atoms with Crippen molar-refractivity contribution < 1.29 is 0 Å². The van der Waals surface area contributed by atoms with Crippen LogP contribution in [0, 0.1) is 0 Å². The third-order valence-electron chi connectivity index (χ3n) is 3.73. The summed E-state index contributed by atoms with van der Waals surface area (Å²) in [5, 5.41) is 0. The molecule has 3 rings (SSSR count). The van der Waals surface area contributed by atoms with E-state index in [0.717, 1.165) is 12.8 Å². The maximum atomic E-state index is 6.06. The molecule has 1 aromatic heterocycles. The van der Waals surface area contributed by atoms with E-state index in [1.807, 2.05) is 12.4 Å². The summed E-state index contributed by atoms with van der Waals surface area (Å²) >= 11 is 0. The molecule has 0 aromatic carbocycles. The topological polar surface area (TPSA) is 42.1 Å². The number of hydrogen-bond acceptors (Lipinski definition) is 3. The van der Waals surface area contributed by atoms with Gasteiger partial charge >= 0.3 is 0 Å². The lowest BCUT2D eigenvalue weighted by Crippen LogP contribution is -2.47. The minimum absolute atomic E-state index is 0.417. The van der Waals surface area contributed by atoms with E-state index in [1.54, 1.807) is 0 Å². The molecule has 2 saturated heterocycles. The van der Waals surface area contributed by atoms with Gasteiger partial charge in [0.05, 0.1) is 0 Å². The molecular formula is C12H17N3. The maximum Gasteiger partial charge on any atom is 0.0402 e. The van der Waals surface area contributed by atoms with Gasteiger partial charge in [0, 0.05) is 36.2 Å². The van der Waals surface area contributed by atoms with Crippen molar-refractivity contribution in [3.05, 3.63) is 24.5 Å². The van der Waals surface area contributed by atoms with Crippen molar-refractivity contribution in [1.29, 1.82) is 0 Å². The van der Waals surface area contributed by atoms with Gasteiger partial charge in [-0.3, -0.25) is 4.98 Å². The van der Waals surface area contributed by atoms with Gasteiger partial charge in [0.1, 0.15) is 0 Å². The summed E-state index contributed by atoms with van der Waals surface area (Å²) < 4.78 is 0. The zero-order chi connectivity index (χ0) is 10.3. The van der Waals surface area contributed by atoms with Gasteiger partial charge in [0.15, 0.2) is 0 Å². The van der Waals surface area contributed by atoms with Crippen LogP contribution in [0.2, 0.25) is 0 Å². The number of nitrogens with zero attached hydrogens (tertiary/aromatic N) is 2. The van der Waals surface area contributed by atoms with Gasteiger partial charge in [-0.15, -0.1) is 0 Å². The molecule has 0 radical (unpaired) electrons. The Hall–Kier alpha value is -1.09. The number of hydrogen-bond donors (Lipinski definition) is 1. The molecule has 15 heavy (non-hydrogen) atoms. The van der Waals surface area contributed by atoms with Crippen LogP contribution in [0.15, 0.2) is 24.5 Å². The molecule has 3 nitrogen and oxygen atoms in total. The standard InChI is InChI=1S/C12H17N3/c13-9-7-11-1-2-12(8-9)15(11)10-3-5-14-6-4-10/h3-6,9,11-12H,1-2,7-8,13H2/t9?,11-,12+. The highest BCUT2D eigenvalue weighted by atomic mass is 15.2. The molecule has 2 bridgehead atoms. The number of fused-ring (bicyclic) bond motifs is 2. The number of pyridine rings is 1. The summed E-state index contributed by atoms with van der Waals surface area (Å²) in [7, 11) is 0. The number of aromatic nitrogens is 1. The molecule has 3 heteroatoms. The number of rotatable bonds is 1. The summed E-state index contributed by atoms with van der Waals surface area (Å²) in [5.74, 6) is 0. The fourth-order valence-corrected chi connectivity index (χ4v) is 3.16. The van der Waals surface area contributed by atoms with Crippen LogP contribution in [0.4, 0.5) is 5.69 Å². The van der Waals surface area contributed by atoms with Gasteiger partial charge < -0.3 is 10.6 Å². The molecule has 0 amide bonds. The van der Waals surface area contributed by atoms with E-state index in [0.29, 0.717) is 18.1 Å². The number of anilines is 1. The first-order valence-electron chi connectivity index (χ1n) is 5.78. The van der Waals surface area contributed by atoms with Gasteiger partial charge in [-0.25, -0.2) is 0 Å². The molecule has 1 aromatic rings. The molecular weight excluding hydrogens is 186 g/mol. The predicted octanol–water partition coefficient (Wildman–Crippen LogP) is 1.54. The van der Waals surface area contributed by atoms with Crippen molar-refractivity contribution in [3.8, 4) is 0 Å². The van der Waals surface area contributed by atoms with Gasteiger partial charge in [-0.05, 0) is 37.8 Å². The van der Waals surface area contributed by atoms with Crippen LogP contribution in [0.1, 0.15) is 25.7 Å². The third kappa shape index (κ3) is 1.51. The quantitative estimate of drug-likeness (QED) is 0.752. The number of nitrogens with two attached hydrogens (primary N) is 1. The molecule has 0 aliphatic carbocycles. The second kappa shape index (κ2) is 3.49. The van der Waals surface area contributed by atoms with Crippen molar-refractivity contribution in [1.82, 2.24) is 4.98 Å². The highest BCUT2D eigenvalue weighted by Crippen LogP contribution is 2.38. The summed E-state index contributed by atoms with van der Waals surface area (Å²) in [6, 6.07) is 5.98. The monoisotopic (exact) mass is 203 g/mol. The Balaban J connectivity index is 1.89. The van der Waals surface area contributed by atoms with Crippen LogP contribution in [-0.2, 0) is 0 Å². The molecule has 2 N–H and O–H groups in total. The molecule has 0 saturated carbocycles. The van der Waals surface area contributed by atoms with Crippen LogP contribution in [0.25, 0.3) is 0 Å². The molecule has 0 spiro atoms. The lowest BCUT2D eigenvalue weighted by Gasteiger charge is -2.39. The fourth-order valence-electron chi connectivity index (χ4n) is 3.16. The summed E-state index contributed by atoms with van der Waals surface area (Å²) in [5.41, 5.74) is 7.38. The molecule has 2 fully saturated rings. The highest BCUT2D eigenvalue weighted by Gasteiger charge is 2.39. The van der Waals surface area contributed by atoms with Crippen LogP contribution in [0.3, 0.4) is 0 Å². The van der Waals surface area contributed by atoms with Crippen molar-refractivity contribution >= 4 is 5.69 Å². The Morgan fingerprint density at radius 2 is 1.73 bits per heavy atom.